The second-order valence-electron chi connectivity index (χ2n) is 6.41. The summed E-state index contributed by atoms with van der Waals surface area (Å²) in [6, 6.07) is 16.8. The van der Waals surface area contributed by atoms with Gasteiger partial charge in [-0.2, -0.15) is 5.26 Å². The van der Waals surface area contributed by atoms with Crippen LogP contribution in [0.1, 0.15) is 38.2 Å². The maximum Gasteiger partial charge on any atom is 0.265 e. The predicted molar refractivity (Wildman–Crippen MR) is 104 cm³/mol. The lowest BCUT2D eigenvalue weighted by Crippen LogP contribution is -2.30. The molecule has 134 valence electrons. The van der Waals surface area contributed by atoms with Crippen LogP contribution in [0.2, 0.25) is 0 Å². The van der Waals surface area contributed by atoms with Crippen LogP contribution < -0.4 is 10.1 Å². The van der Waals surface area contributed by atoms with E-state index in [1.165, 1.54) is 25.7 Å². The van der Waals surface area contributed by atoms with Crippen LogP contribution in [0.15, 0.2) is 53.4 Å². The fourth-order valence-corrected chi connectivity index (χ4v) is 4.32. The summed E-state index contributed by atoms with van der Waals surface area (Å²) in [4.78, 5) is 13.7. The second-order valence-corrected chi connectivity index (χ2v) is 7.75. The highest BCUT2D eigenvalue weighted by Crippen LogP contribution is 2.38. The van der Waals surface area contributed by atoms with E-state index in [4.69, 9.17) is 10.00 Å². The molecule has 1 amide bonds. The minimum absolute atomic E-state index is 0.202. The van der Waals surface area contributed by atoms with E-state index >= 15 is 0 Å². The molecule has 5 heteroatoms. The van der Waals surface area contributed by atoms with E-state index in [0.717, 1.165) is 10.6 Å². The van der Waals surface area contributed by atoms with E-state index in [9.17, 15) is 4.79 Å². The summed E-state index contributed by atoms with van der Waals surface area (Å²) >= 11 is 1.85. The fourth-order valence-electron chi connectivity index (χ4n) is 2.99. The first-order valence-electron chi connectivity index (χ1n) is 8.89. The van der Waals surface area contributed by atoms with E-state index in [-0.39, 0.29) is 5.91 Å². The molecule has 1 fully saturated rings. The number of nitriles is 1. The van der Waals surface area contributed by atoms with Gasteiger partial charge in [0.15, 0.2) is 6.10 Å². The highest BCUT2D eigenvalue weighted by atomic mass is 32.2. The number of carbonyl (C=O) groups is 1. The van der Waals surface area contributed by atoms with Crippen molar-refractivity contribution in [2.75, 3.05) is 5.32 Å². The quantitative estimate of drug-likeness (QED) is 0.781. The van der Waals surface area contributed by atoms with E-state index in [1.54, 1.807) is 31.2 Å². The first kappa shape index (κ1) is 18.3. The number of amides is 1. The number of rotatable bonds is 6. The zero-order valence-corrected chi connectivity index (χ0v) is 15.6. The van der Waals surface area contributed by atoms with Crippen molar-refractivity contribution < 1.29 is 9.53 Å². The molecule has 0 saturated heterocycles. The minimum Gasteiger partial charge on any atom is -0.481 e. The lowest BCUT2D eigenvalue weighted by atomic mass is 10.2. The molecule has 0 aromatic heterocycles. The molecule has 2 aromatic carbocycles. The molecule has 3 rings (SSSR count). The Bertz CT molecular complexity index is 810. The van der Waals surface area contributed by atoms with Crippen LogP contribution >= 0.6 is 11.8 Å². The van der Waals surface area contributed by atoms with Crippen LogP contribution in [-0.4, -0.2) is 17.3 Å². The number of hydrogen-bond donors (Lipinski definition) is 1. The molecule has 26 heavy (non-hydrogen) atoms. The maximum atomic E-state index is 12.6. The summed E-state index contributed by atoms with van der Waals surface area (Å²) in [7, 11) is 0. The smallest absolute Gasteiger partial charge is 0.265 e. The Morgan fingerprint density at radius 2 is 2.00 bits per heavy atom. The Kier molecular flexibility index (Phi) is 6.19. The van der Waals surface area contributed by atoms with Crippen molar-refractivity contribution in [2.24, 2.45) is 0 Å². The monoisotopic (exact) mass is 366 g/mol. The zero-order valence-electron chi connectivity index (χ0n) is 14.8. The molecule has 1 atom stereocenters. The third kappa shape index (κ3) is 4.80. The number of ether oxygens (including phenoxy) is 1. The Labute approximate surface area is 158 Å². The standard InChI is InChI=1S/C21H22N2O2S/c1-15(25-17-8-6-7-16(13-17)14-22)21(24)23-19-11-4-5-12-20(19)26-18-9-2-3-10-18/h4-8,11-13,15,18H,2-3,9-10H2,1H3,(H,23,24). The number of anilines is 1. The Morgan fingerprint density at radius 1 is 1.23 bits per heavy atom. The molecule has 0 radical (unpaired) electrons. The van der Waals surface area contributed by atoms with E-state index < -0.39 is 6.10 Å². The van der Waals surface area contributed by atoms with Gasteiger partial charge in [0.1, 0.15) is 5.75 Å². The van der Waals surface area contributed by atoms with Gasteiger partial charge in [0.05, 0.1) is 17.3 Å². The third-order valence-electron chi connectivity index (χ3n) is 4.39. The van der Waals surface area contributed by atoms with Gasteiger partial charge < -0.3 is 10.1 Å². The van der Waals surface area contributed by atoms with Gasteiger partial charge in [-0.25, -0.2) is 0 Å². The molecule has 0 heterocycles. The Balaban J connectivity index is 1.64. The number of benzene rings is 2. The highest BCUT2D eigenvalue weighted by Gasteiger charge is 2.20. The topological polar surface area (TPSA) is 62.1 Å². The molecule has 4 nitrogen and oxygen atoms in total. The van der Waals surface area contributed by atoms with E-state index in [0.29, 0.717) is 16.6 Å². The average molecular weight is 366 g/mol. The van der Waals surface area contributed by atoms with Gasteiger partial charge in [0, 0.05) is 10.1 Å². The highest BCUT2D eigenvalue weighted by molar-refractivity contribution is 8.00. The van der Waals surface area contributed by atoms with Crippen molar-refractivity contribution in [3.8, 4) is 11.8 Å². The third-order valence-corrected chi connectivity index (χ3v) is 5.80. The lowest BCUT2D eigenvalue weighted by molar-refractivity contribution is -0.122. The summed E-state index contributed by atoms with van der Waals surface area (Å²) in [5.74, 6) is 0.312. The zero-order chi connectivity index (χ0) is 18.4. The van der Waals surface area contributed by atoms with E-state index in [1.807, 2.05) is 30.0 Å². The molecule has 1 aliphatic rings. The summed E-state index contributed by atoms with van der Waals surface area (Å²) in [5.41, 5.74) is 1.34. The number of carbonyl (C=O) groups excluding carboxylic acids is 1. The Morgan fingerprint density at radius 3 is 2.77 bits per heavy atom. The number of hydrogen-bond acceptors (Lipinski definition) is 4. The minimum atomic E-state index is -0.659. The van der Waals surface area contributed by atoms with Crippen molar-refractivity contribution in [2.45, 2.75) is 48.9 Å². The normalized spacial score (nSPS) is 15.2. The largest absolute Gasteiger partial charge is 0.481 e. The van der Waals surface area contributed by atoms with Crippen LogP contribution in [0.3, 0.4) is 0 Å². The van der Waals surface area contributed by atoms with Crippen molar-refractivity contribution in [3.63, 3.8) is 0 Å². The van der Waals surface area contributed by atoms with Crippen molar-refractivity contribution in [1.82, 2.24) is 0 Å². The molecular formula is C21H22N2O2S. The van der Waals surface area contributed by atoms with Gasteiger partial charge in [-0.15, -0.1) is 11.8 Å². The number of nitrogens with one attached hydrogen (secondary N) is 1. The molecule has 1 unspecified atom stereocenters. The van der Waals surface area contributed by atoms with Gasteiger partial charge in [-0.05, 0) is 50.1 Å². The van der Waals surface area contributed by atoms with Crippen molar-refractivity contribution >= 4 is 23.4 Å². The average Bonchev–Trinajstić information content (AvgIpc) is 3.16. The van der Waals surface area contributed by atoms with Gasteiger partial charge in [0.25, 0.3) is 5.91 Å². The molecule has 1 saturated carbocycles. The molecule has 0 bridgehead atoms. The molecule has 0 aliphatic heterocycles. The van der Waals surface area contributed by atoms with Crippen LogP contribution in [0.4, 0.5) is 5.69 Å². The van der Waals surface area contributed by atoms with Crippen molar-refractivity contribution in [3.05, 3.63) is 54.1 Å². The second kappa shape index (κ2) is 8.77. The van der Waals surface area contributed by atoms with Gasteiger partial charge in [-0.1, -0.05) is 31.0 Å². The van der Waals surface area contributed by atoms with E-state index in [2.05, 4.69) is 17.5 Å². The van der Waals surface area contributed by atoms with Crippen molar-refractivity contribution in [1.29, 1.82) is 5.26 Å². The lowest BCUT2D eigenvalue weighted by Gasteiger charge is -2.17. The summed E-state index contributed by atoms with van der Waals surface area (Å²) < 4.78 is 5.69. The number of para-hydroxylation sites is 1. The van der Waals surface area contributed by atoms with Crippen LogP contribution in [0, 0.1) is 11.3 Å². The number of thioether (sulfide) groups is 1. The summed E-state index contributed by atoms with van der Waals surface area (Å²) in [6.45, 7) is 1.71. The molecular weight excluding hydrogens is 344 g/mol. The SMILES string of the molecule is CC(Oc1cccc(C#N)c1)C(=O)Nc1ccccc1SC1CCCC1. The molecule has 1 aliphatic carbocycles. The number of nitrogens with zero attached hydrogens (tertiary/aromatic N) is 1. The maximum absolute atomic E-state index is 12.6. The Hall–Kier alpha value is -2.45. The summed E-state index contributed by atoms with van der Waals surface area (Å²) in [5, 5.41) is 12.6. The first-order valence-corrected chi connectivity index (χ1v) is 9.77. The van der Waals surface area contributed by atoms with Crippen LogP contribution in [0.5, 0.6) is 5.75 Å². The molecule has 1 N–H and O–H groups in total. The van der Waals surface area contributed by atoms with Crippen LogP contribution in [0.25, 0.3) is 0 Å². The predicted octanol–water partition coefficient (Wildman–Crippen LogP) is 5.00. The molecule has 2 aromatic rings. The first-order chi connectivity index (χ1) is 12.7. The fraction of sp³-hybridized carbons (Fsp3) is 0.333. The molecule has 0 spiro atoms. The van der Waals surface area contributed by atoms with Gasteiger partial charge in [0.2, 0.25) is 0 Å². The van der Waals surface area contributed by atoms with Gasteiger partial charge >= 0.3 is 0 Å². The van der Waals surface area contributed by atoms with Gasteiger partial charge in [-0.3, -0.25) is 4.79 Å². The summed E-state index contributed by atoms with van der Waals surface area (Å²) in [6.07, 6.45) is 4.40. The van der Waals surface area contributed by atoms with Crippen LogP contribution in [-0.2, 0) is 4.79 Å².